The molecule has 3 amide bonds. The molecule has 1 rings (SSSR count). The summed E-state index contributed by atoms with van der Waals surface area (Å²) in [6, 6.07) is 2.42. The minimum Gasteiger partial charge on any atom is -0.508 e. The van der Waals surface area contributed by atoms with Gasteiger partial charge >= 0.3 is 5.97 Å². The Labute approximate surface area is 167 Å². The molecule has 11 nitrogen and oxygen atoms in total. The summed E-state index contributed by atoms with van der Waals surface area (Å²) in [5, 5.41) is 34.5. The van der Waals surface area contributed by atoms with Crippen molar-refractivity contribution in [1.82, 2.24) is 16.0 Å². The predicted octanol–water partition coefficient (Wildman–Crippen LogP) is -2.17. The number of phenolic OH excluding ortho intramolecular Hbond substituents is 1. The maximum absolute atomic E-state index is 12.5. The number of carbonyl (C=O) groups is 4. The van der Waals surface area contributed by atoms with Crippen LogP contribution in [-0.2, 0) is 25.6 Å². The number of nitrogens with two attached hydrogens (primary N) is 1. The molecule has 11 heteroatoms. The maximum Gasteiger partial charge on any atom is 0.325 e. The Balaban J connectivity index is 2.81. The van der Waals surface area contributed by atoms with Gasteiger partial charge in [-0.25, -0.2) is 0 Å². The molecule has 1 aromatic carbocycles. The standard InChI is InChI=1S/C18H26N4O7/c1-9(18(28)29)21-14(25)8-20-16(26)13(22-17(27)15(19)10(2)23)7-11-3-5-12(24)6-4-11/h3-6,9-10,13,15,23-24H,7-8,19H2,1-2H3,(H,20,26)(H,21,25)(H,22,27)(H,28,29). The number of aliphatic hydroxyl groups is 1. The van der Waals surface area contributed by atoms with Crippen molar-refractivity contribution < 1.29 is 34.5 Å². The number of aliphatic carboxylic acids is 1. The fourth-order valence-electron chi connectivity index (χ4n) is 2.21. The van der Waals surface area contributed by atoms with Crippen molar-refractivity contribution in [3.8, 4) is 5.75 Å². The van der Waals surface area contributed by atoms with Gasteiger partial charge in [-0.3, -0.25) is 19.2 Å². The number of hydrogen-bond donors (Lipinski definition) is 7. The van der Waals surface area contributed by atoms with Crippen LogP contribution >= 0.6 is 0 Å². The Morgan fingerprint density at radius 1 is 1.03 bits per heavy atom. The van der Waals surface area contributed by atoms with Crippen LogP contribution in [0.15, 0.2) is 24.3 Å². The van der Waals surface area contributed by atoms with Crippen LogP contribution in [0.3, 0.4) is 0 Å². The lowest BCUT2D eigenvalue weighted by Crippen LogP contribution is -2.56. The molecule has 29 heavy (non-hydrogen) atoms. The first-order valence-electron chi connectivity index (χ1n) is 8.83. The maximum atomic E-state index is 12.5. The molecule has 0 fully saturated rings. The Bertz CT molecular complexity index is 736. The molecule has 0 saturated carbocycles. The molecule has 160 valence electrons. The zero-order valence-electron chi connectivity index (χ0n) is 16.1. The molecule has 0 aliphatic rings. The first-order chi connectivity index (χ1) is 13.5. The van der Waals surface area contributed by atoms with Gasteiger partial charge in [-0.2, -0.15) is 0 Å². The summed E-state index contributed by atoms with van der Waals surface area (Å²) >= 11 is 0. The quantitative estimate of drug-likeness (QED) is 0.227. The van der Waals surface area contributed by atoms with E-state index in [9.17, 15) is 29.4 Å². The van der Waals surface area contributed by atoms with Crippen molar-refractivity contribution in [3.63, 3.8) is 0 Å². The Kier molecular flexibility index (Phi) is 9.03. The first kappa shape index (κ1) is 23.9. The molecule has 0 aliphatic heterocycles. The van der Waals surface area contributed by atoms with Gasteiger partial charge in [0.2, 0.25) is 17.7 Å². The molecule has 0 aromatic heterocycles. The molecule has 0 bridgehead atoms. The number of phenols is 1. The number of aliphatic hydroxyl groups excluding tert-OH is 1. The third-order valence-corrected chi connectivity index (χ3v) is 4.00. The van der Waals surface area contributed by atoms with Crippen LogP contribution in [0.4, 0.5) is 0 Å². The highest BCUT2D eigenvalue weighted by atomic mass is 16.4. The van der Waals surface area contributed by atoms with E-state index in [1.165, 1.54) is 26.0 Å². The summed E-state index contributed by atoms with van der Waals surface area (Å²) < 4.78 is 0. The molecular formula is C18H26N4O7. The van der Waals surface area contributed by atoms with Crippen LogP contribution in [0.5, 0.6) is 5.75 Å². The molecule has 0 aliphatic carbocycles. The number of carboxylic acids is 1. The Morgan fingerprint density at radius 3 is 2.14 bits per heavy atom. The van der Waals surface area contributed by atoms with E-state index in [4.69, 9.17) is 10.8 Å². The molecule has 0 spiro atoms. The van der Waals surface area contributed by atoms with E-state index in [1.54, 1.807) is 12.1 Å². The van der Waals surface area contributed by atoms with E-state index in [0.29, 0.717) is 5.56 Å². The van der Waals surface area contributed by atoms with E-state index < -0.39 is 54.5 Å². The van der Waals surface area contributed by atoms with Gasteiger partial charge in [-0.05, 0) is 31.5 Å². The summed E-state index contributed by atoms with van der Waals surface area (Å²) in [7, 11) is 0. The monoisotopic (exact) mass is 410 g/mol. The zero-order chi connectivity index (χ0) is 22.1. The van der Waals surface area contributed by atoms with Gasteiger partial charge < -0.3 is 37.0 Å². The fraction of sp³-hybridized carbons (Fsp3) is 0.444. The minimum absolute atomic E-state index is 0.0253. The lowest BCUT2D eigenvalue weighted by Gasteiger charge is -2.22. The topological polar surface area (TPSA) is 191 Å². The second-order valence-electron chi connectivity index (χ2n) is 6.54. The third-order valence-electron chi connectivity index (χ3n) is 4.00. The molecule has 0 heterocycles. The Hall–Kier alpha value is -3.18. The number of rotatable bonds is 10. The normalized spacial score (nSPS) is 14.8. The van der Waals surface area contributed by atoms with Crippen molar-refractivity contribution in [1.29, 1.82) is 0 Å². The van der Waals surface area contributed by atoms with Crippen molar-refractivity contribution in [2.45, 2.75) is 44.5 Å². The van der Waals surface area contributed by atoms with Crippen molar-refractivity contribution in [3.05, 3.63) is 29.8 Å². The second kappa shape index (κ2) is 11.0. The molecule has 8 N–H and O–H groups in total. The average Bonchev–Trinajstić information content (AvgIpc) is 2.66. The highest BCUT2D eigenvalue weighted by Crippen LogP contribution is 2.11. The van der Waals surface area contributed by atoms with Gasteiger partial charge in [-0.15, -0.1) is 0 Å². The summed E-state index contributed by atoms with van der Waals surface area (Å²) in [6.45, 7) is 2.10. The molecule has 1 aromatic rings. The number of carboxylic acid groups (broad SMARTS) is 1. The molecule has 4 unspecified atom stereocenters. The largest absolute Gasteiger partial charge is 0.508 e. The van der Waals surface area contributed by atoms with E-state index in [-0.39, 0.29) is 12.2 Å². The highest BCUT2D eigenvalue weighted by molar-refractivity contribution is 5.92. The third kappa shape index (κ3) is 8.15. The van der Waals surface area contributed by atoms with Gasteiger partial charge in [0.15, 0.2) is 0 Å². The molecule has 0 radical (unpaired) electrons. The van der Waals surface area contributed by atoms with Gasteiger partial charge in [0.1, 0.15) is 23.9 Å². The first-order valence-corrected chi connectivity index (χ1v) is 8.83. The number of aromatic hydroxyl groups is 1. The highest BCUT2D eigenvalue weighted by Gasteiger charge is 2.26. The molecule has 4 atom stereocenters. The van der Waals surface area contributed by atoms with Crippen molar-refractivity contribution >= 4 is 23.7 Å². The fourth-order valence-corrected chi connectivity index (χ4v) is 2.21. The van der Waals surface area contributed by atoms with Crippen molar-refractivity contribution in [2.24, 2.45) is 5.73 Å². The number of hydrogen-bond acceptors (Lipinski definition) is 7. The summed E-state index contributed by atoms with van der Waals surface area (Å²) in [4.78, 5) is 47.1. The lowest BCUT2D eigenvalue weighted by atomic mass is 10.0. The van der Waals surface area contributed by atoms with Crippen LogP contribution in [0.1, 0.15) is 19.4 Å². The summed E-state index contributed by atoms with van der Waals surface area (Å²) in [5.41, 5.74) is 6.19. The SMILES string of the molecule is CC(NC(=O)CNC(=O)C(Cc1ccc(O)cc1)NC(=O)C(N)C(C)O)C(=O)O. The van der Waals surface area contributed by atoms with Crippen LogP contribution in [-0.4, -0.2) is 69.8 Å². The van der Waals surface area contributed by atoms with E-state index in [1.807, 2.05) is 0 Å². The van der Waals surface area contributed by atoms with Crippen LogP contribution in [0.25, 0.3) is 0 Å². The summed E-state index contributed by atoms with van der Waals surface area (Å²) in [6.07, 6.45) is -1.12. The lowest BCUT2D eigenvalue weighted by molar-refractivity contribution is -0.141. The molecule has 0 saturated heterocycles. The van der Waals surface area contributed by atoms with Gasteiger partial charge in [-0.1, -0.05) is 12.1 Å². The second-order valence-corrected chi connectivity index (χ2v) is 6.54. The minimum atomic E-state index is -1.26. The molecular weight excluding hydrogens is 384 g/mol. The smallest absolute Gasteiger partial charge is 0.325 e. The Morgan fingerprint density at radius 2 is 1.62 bits per heavy atom. The number of nitrogens with one attached hydrogen (secondary N) is 3. The van der Waals surface area contributed by atoms with Crippen LogP contribution in [0.2, 0.25) is 0 Å². The predicted molar refractivity (Wildman–Crippen MR) is 102 cm³/mol. The number of benzene rings is 1. The van der Waals surface area contributed by atoms with Gasteiger partial charge in [0.05, 0.1) is 12.6 Å². The van der Waals surface area contributed by atoms with Crippen LogP contribution in [0, 0.1) is 0 Å². The zero-order valence-corrected chi connectivity index (χ0v) is 16.1. The van der Waals surface area contributed by atoms with Crippen molar-refractivity contribution in [2.75, 3.05) is 6.54 Å². The average molecular weight is 410 g/mol. The number of carbonyl (C=O) groups excluding carboxylic acids is 3. The van der Waals surface area contributed by atoms with E-state index in [2.05, 4.69) is 16.0 Å². The van der Waals surface area contributed by atoms with Gasteiger partial charge in [0, 0.05) is 6.42 Å². The van der Waals surface area contributed by atoms with Gasteiger partial charge in [0.25, 0.3) is 0 Å². The van der Waals surface area contributed by atoms with E-state index in [0.717, 1.165) is 0 Å². The van der Waals surface area contributed by atoms with Crippen LogP contribution < -0.4 is 21.7 Å². The number of amides is 3. The van der Waals surface area contributed by atoms with E-state index >= 15 is 0 Å². The summed E-state index contributed by atoms with van der Waals surface area (Å²) in [5.74, 6) is -3.39.